The van der Waals surface area contributed by atoms with Gasteiger partial charge in [0.05, 0.1) is 0 Å². The molecule has 0 aliphatic rings. The molecule has 9 heteroatoms. The summed E-state index contributed by atoms with van der Waals surface area (Å²) in [5, 5.41) is 9.28. The Kier molecular flexibility index (Phi) is 3.71. The van der Waals surface area contributed by atoms with Crippen LogP contribution in [0, 0.1) is 0 Å². The number of nitrogens with two attached hydrogens (primary N) is 1. The molecule has 0 aromatic carbocycles. The molecule has 4 nitrogen and oxygen atoms in total. The van der Waals surface area contributed by atoms with E-state index in [1.165, 1.54) is 0 Å². The first-order chi connectivity index (χ1) is 7.76. The first kappa shape index (κ1) is 13.4. The summed E-state index contributed by atoms with van der Waals surface area (Å²) in [5.74, 6) is -2.34. The van der Waals surface area contributed by atoms with E-state index >= 15 is 0 Å². The van der Waals surface area contributed by atoms with Crippen LogP contribution < -0.4 is 10.5 Å². The number of nitrogens with zero attached hydrogens (tertiary/aromatic N) is 1. The Morgan fingerprint density at radius 3 is 2.41 bits per heavy atom. The summed E-state index contributed by atoms with van der Waals surface area (Å²) in [7, 11) is 0. The first-order valence-electron chi connectivity index (χ1n) is 4.21. The van der Waals surface area contributed by atoms with Crippen LogP contribution in [0.4, 0.5) is 22.0 Å². The van der Waals surface area contributed by atoms with E-state index in [4.69, 9.17) is 5.73 Å². The highest BCUT2D eigenvalue weighted by Gasteiger charge is 2.34. The van der Waals surface area contributed by atoms with Gasteiger partial charge in [-0.25, -0.2) is 13.8 Å². The van der Waals surface area contributed by atoms with Gasteiger partial charge in [0, 0.05) is 23.9 Å². The van der Waals surface area contributed by atoms with Gasteiger partial charge in [-0.2, -0.15) is 0 Å². The summed E-state index contributed by atoms with van der Waals surface area (Å²) in [6, 6.07) is 0. The molecule has 0 fully saturated rings. The molecular weight excluding hydrogens is 251 g/mol. The smallest absolute Gasteiger partial charge is 0.503 e. The van der Waals surface area contributed by atoms with Crippen molar-refractivity contribution >= 4 is 0 Å². The van der Waals surface area contributed by atoms with Crippen LogP contribution in [0.2, 0.25) is 0 Å². The fourth-order valence-electron chi connectivity index (χ4n) is 1.12. The van der Waals surface area contributed by atoms with Crippen molar-refractivity contribution in [1.82, 2.24) is 4.98 Å². The maximum Gasteiger partial charge on any atom is 0.574 e. The molecule has 0 saturated carbocycles. The number of ether oxygens (including phenoxy) is 1. The van der Waals surface area contributed by atoms with Crippen LogP contribution in [0.3, 0.4) is 0 Å². The lowest BCUT2D eigenvalue weighted by Crippen LogP contribution is -2.18. The highest BCUT2D eigenvalue weighted by atomic mass is 19.4. The van der Waals surface area contributed by atoms with Gasteiger partial charge in [-0.05, 0) is 0 Å². The zero-order chi connectivity index (χ0) is 13.2. The molecule has 1 aromatic heterocycles. The predicted octanol–water partition coefficient (Wildman–Crippen LogP) is 2.08. The van der Waals surface area contributed by atoms with Crippen LogP contribution in [-0.4, -0.2) is 16.5 Å². The number of aromatic hydroxyl groups is 1. The molecule has 1 rings (SSSR count). The highest BCUT2D eigenvalue weighted by molar-refractivity contribution is 5.45. The topological polar surface area (TPSA) is 68.4 Å². The van der Waals surface area contributed by atoms with Gasteiger partial charge in [0.25, 0.3) is 12.3 Å². The monoisotopic (exact) mass is 258 g/mol. The van der Waals surface area contributed by atoms with Crippen molar-refractivity contribution in [1.29, 1.82) is 0 Å². The Bertz CT molecular complexity index is 408. The third-order valence-corrected chi connectivity index (χ3v) is 1.81. The van der Waals surface area contributed by atoms with Crippen LogP contribution in [0.1, 0.15) is 17.6 Å². The minimum atomic E-state index is -5.08. The zero-order valence-electron chi connectivity index (χ0n) is 8.13. The lowest BCUT2D eigenvalue weighted by molar-refractivity contribution is -0.276. The summed E-state index contributed by atoms with van der Waals surface area (Å²) in [6.45, 7) is -0.567. The largest absolute Gasteiger partial charge is 0.574 e. The van der Waals surface area contributed by atoms with Crippen LogP contribution in [0.15, 0.2) is 6.20 Å². The second kappa shape index (κ2) is 4.70. The molecule has 1 aromatic rings. The fourth-order valence-corrected chi connectivity index (χ4v) is 1.12. The summed E-state index contributed by atoms with van der Waals surface area (Å²) in [4.78, 5) is 2.97. The number of pyridine rings is 1. The molecule has 0 amide bonds. The van der Waals surface area contributed by atoms with Gasteiger partial charge in [-0.15, -0.1) is 13.2 Å². The number of rotatable bonds is 3. The third-order valence-electron chi connectivity index (χ3n) is 1.81. The summed E-state index contributed by atoms with van der Waals surface area (Å²) in [5.41, 5.74) is 3.79. The van der Waals surface area contributed by atoms with Crippen molar-refractivity contribution < 1.29 is 31.8 Å². The molecule has 0 aliphatic carbocycles. The summed E-state index contributed by atoms with van der Waals surface area (Å²) >= 11 is 0. The maximum atomic E-state index is 12.4. The Hall–Kier alpha value is -1.64. The normalized spacial score (nSPS) is 11.9. The second-order valence-corrected chi connectivity index (χ2v) is 2.90. The number of hydrogen-bond acceptors (Lipinski definition) is 4. The maximum absolute atomic E-state index is 12.4. The number of aromatic nitrogens is 1. The Morgan fingerprint density at radius 2 is 2.00 bits per heavy atom. The lowest BCUT2D eigenvalue weighted by atomic mass is 10.1. The molecule has 0 atom stereocenters. The Balaban J connectivity index is 3.20. The fraction of sp³-hybridized carbons (Fsp3) is 0.375. The highest BCUT2D eigenvalue weighted by Crippen LogP contribution is 2.36. The van der Waals surface area contributed by atoms with Crippen molar-refractivity contribution in [3.05, 3.63) is 17.3 Å². The number of hydrogen-bond donors (Lipinski definition) is 2. The van der Waals surface area contributed by atoms with Gasteiger partial charge in [-0.1, -0.05) is 0 Å². The van der Waals surface area contributed by atoms with E-state index in [1.54, 1.807) is 0 Å². The van der Waals surface area contributed by atoms with Gasteiger partial charge in [0.1, 0.15) is 0 Å². The molecule has 96 valence electrons. The van der Waals surface area contributed by atoms with E-state index in [9.17, 15) is 27.1 Å². The zero-order valence-corrected chi connectivity index (χ0v) is 8.13. The van der Waals surface area contributed by atoms with Gasteiger partial charge >= 0.3 is 6.36 Å². The van der Waals surface area contributed by atoms with Gasteiger partial charge in [0.15, 0.2) is 5.75 Å². The van der Waals surface area contributed by atoms with Crippen LogP contribution >= 0.6 is 0 Å². The van der Waals surface area contributed by atoms with Gasteiger partial charge in [-0.3, -0.25) is 0 Å². The number of halogens is 5. The second-order valence-electron chi connectivity index (χ2n) is 2.90. The quantitative estimate of drug-likeness (QED) is 0.814. The van der Waals surface area contributed by atoms with Crippen molar-refractivity contribution in [3.63, 3.8) is 0 Å². The molecular formula is C8H7F5N2O2. The Morgan fingerprint density at radius 1 is 1.41 bits per heavy atom. The summed E-state index contributed by atoms with van der Waals surface area (Å²) < 4.78 is 63.7. The van der Waals surface area contributed by atoms with Crippen molar-refractivity contribution in [2.24, 2.45) is 5.73 Å². The van der Waals surface area contributed by atoms with E-state index in [0.717, 1.165) is 0 Å². The molecule has 0 aliphatic heterocycles. The van der Waals surface area contributed by atoms with Crippen molar-refractivity contribution in [3.8, 4) is 11.6 Å². The molecule has 0 bridgehead atoms. The summed E-state index contributed by atoms with van der Waals surface area (Å²) in [6.07, 6.45) is -7.61. The number of alkyl halides is 5. The first-order valence-corrected chi connectivity index (χ1v) is 4.21. The van der Waals surface area contributed by atoms with E-state index in [1.807, 2.05) is 0 Å². The van der Waals surface area contributed by atoms with Crippen LogP contribution in [-0.2, 0) is 6.54 Å². The van der Waals surface area contributed by atoms with E-state index in [2.05, 4.69) is 9.72 Å². The molecule has 1 heterocycles. The third kappa shape index (κ3) is 3.16. The molecule has 3 N–H and O–H groups in total. The molecule has 0 radical (unpaired) electrons. The average Bonchev–Trinajstić information content (AvgIpc) is 2.18. The molecule has 0 saturated heterocycles. The van der Waals surface area contributed by atoms with E-state index < -0.39 is 42.1 Å². The van der Waals surface area contributed by atoms with Gasteiger partial charge < -0.3 is 15.6 Å². The van der Waals surface area contributed by atoms with E-state index in [0.29, 0.717) is 6.20 Å². The van der Waals surface area contributed by atoms with Gasteiger partial charge in [0.2, 0.25) is 0 Å². The molecule has 0 unspecified atom stereocenters. The predicted molar refractivity (Wildman–Crippen MR) is 45.4 cm³/mol. The van der Waals surface area contributed by atoms with Crippen LogP contribution in [0.25, 0.3) is 0 Å². The van der Waals surface area contributed by atoms with Crippen molar-refractivity contribution in [2.75, 3.05) is 0 Å². The minimum absolute atomic E-state index is 0.480. The average molecular weight is 258 g/mol. The SMILES string of the molecule is NCc1c(C(F)F)cnc(OC(F)(F)F)c1O. The molecule has 17 heavy (non-hydrogen) atoms. The lowest BCUT2D eigenvalue weighted by Gasteiger charge is -2.13. The Labute approximate surface area is 91.8 Å². The minimum Gasteiger partial charge on any atom is -0.503 e. The van der Waals surface area contributed by atoms with Crippen LogP contribution in [0.5, 0.6) is 11.6 Å². The van der Waals surface area contributed by atoms with E-state index in [-0.39, 0.29) is 0 Å². The van der Waals surface area contributed by atoms with Crippen molar-refractivity contribution in [2.45, 2.75) is 19.3 Å². The molecule has 0 spiro atoms. The standard InChI is InChI=1S/C8H7F5N2O2/c9-6(10)4-2-15-7(17-8(11,12)13)5(16)3(4)1-14/h2,6,16H,1,14H2.